The van der Waals surface area contributed by atoms with Crippen LogP contribution in [0.5, 0.6) is 0 Å². The highest BCUT2D eigenvalue weighted by molar-refractivity contribution is 7.89. The molecule has 1 aromatic rings. The van der Waals surface area contributed by atoms with E-state index in [1.54, 1.807) is 17.4 Å². The van der Waals surface area contributed by atoms with Crippen molar-refractivity contribution in [2.75, 3.05) is 6.54 Å². The summed E-state index contributed by atoms with van der Waals surface area (Å²) in [6, 6.07) is 3.75. The first-order valence-electron chi connectivity index (χ1n) is 4.99. The van der Waals surface area contributed by atoms with Gasteiger partial charge in [0.2, 0.25) is 10.0 Å². The largest absolute Gasteiger partial charge is 0.230 e. The van der Waals surface area contributed by atoms with Crippen molar-refractivity contribution in [1.29, 1.82) is 5.26 Å². The van der Waals surface area contributed by atoms with Gasteiger partial charge in [0.05, 0.1) is 6.07 Å². The zero-order valence-electron chi connectivity index (χ0n) is 8.88. The zero-order chi connectivity index (χ0) is 11.8. The SMILES string of the molecule is CC(C#N)S(=O)(=O)N1CCc2sccc2C1. The third kappa shape index (κ3) is 1.86. The van der Waals surface area contributed by atoms with E-state index in [9.17, 15) is 8.42 Å². The van der Waals surface area contributed by atoms with E-state index >= 15 is 0 Å². The molecule has 1 unspecified atom stereocenters. The van der Waals surface area contributed by atoms with E-state index in [1.165, 1.54) is 16.1 Å². The number of sulfonamides is 1. The van der Waals surface area contributed by atoms with Gasteiger partial charge in [-0.1, -0.05) is 0 Å². The molecule has 0 spiro atoms. The van der Waals surface area contributed by atoms with E-state index < -0.39 is 15.3 Å². The summed E-state index contributed by atoms with van der Waals surface area (Å²) < 4.78 is 25.3. The minimum absolute atomic E-state index is 0.410. The van der Waals surface area contributed by atoms with Crippen molar-refractivity contribution in [2.24, 2.45) is 0 Å². The number of thiophene rings is 1. The van der Waals surface area contributed by atoms with Gasteiger partial charge in [-0.15, -0.1) is 11.3 Å². The van der Waals surface area contributed by atoms with Crippen LogP contribution < -0.4 is 0 Å². The van der Waals surface area contributed by atoms with E-state index in [1.807, 2.05) is 11.4 Å². The third-order valence-corrected chi connectivity index (χ3v) is 5.81. The second-order valence-corrected chi connectivity index (χ2v) is 7.02. The molecule has 2 heterocycles. The number of nitrogens with zero attached hydrogens (tertiary/aromatic N) is 2. The first-order valence-corrected chi connectivity index (χ1v) is 7.38. The summed E-state index contributed by atoms with van der Waals surface area (Å²) in [5.74, 6) is 0. The maximum absolute atomic E-state index is 12.0. The molecule has 1 atom stereocenters. The molecule has 0 saturated heterocycles. The molecule has 0 saturated carbocycles. The van der Waals surface area contributed by atoms with Crippen molar-refractivity contribution >= 4 is 21.4 Å². The molecule has 1 aliphatic heterocycles. The molecule has 0 amide bonds. The van der Waals surface area contributed by atoms with Crippen molar-refractivity contribution in [3.63, 3.8) is 0 Å². The van der Waals surface area contributed by atoms with Gasteiger partial charge in [-0.05, 0) is 30.4 Å². The number of fused-ring (bicyclic) bond motifs is 1. The van der Waals surface area contributed by atoms with Gasteiger partial charge in [0, 0.05) is 18.0 Å². The van der Waals surface area contributed by atoms with Crippen LogP contribution in [0, 0.1) is 11.3 Å². The normalized spacial score (nSPS) is 18.8. The minimum Gasteiger partial charge on any atom is -0.211 e. The Morgan fingerprint density at radius 2 is 2.38 bits per heavy atom. The molecule has 86 valence electrons. The average Bonchev–Trinajstić information content (AvgIpc) is 2.74. The number of hydrogen-bond acceptors (Lipinski definition) is 4. The Balaban J connectivity index is 2.25. The van der Waals surface area contributed by atoms with Gasteiger partial charge in [-0.25, -0.2) is 8.42 Å². The van der Waals surface area contributed by atoms with E-state index in [0.29, 0.717) is 13.1 Å². The minimum atomic E-state index is -3.46. The summed E-state index contributed by atoms with van der Waals surface area (Å²) >= 11 is 1.67. The standard InChI is InChI=1S/C10H12N2O2S2/c1-8(6-11)16(13,14)12-4-2-10-9(7-12)3-5-15-10/h3,5,8H,2,4,7H2,1H3. The Morgan fingerprint density at radius 1 is 1.62 bits per heavy atom. The van der Waals surface area contributed by atoms with Crippen LogP contribution in [-0.4, -0.2) is 24.5 Å². The van der Waals surface area contributed by atoms with Crippen LogP contribution in [0.25, 0.3) is 0 Å². The van der Waals surface area contributed by atoms with E-state index in [0.717, 1.165) is 12.0 Å². The summed E-state index contributed by atoms with van der Waals surface area (Å²) in [7, 11) is -3.46. The lowest BCUT2D eigenvalue weighted by Crippen LogP contribution is -2.39. The van der Waals surface area contributed by atoms with Gasteiger partial charge in [0.1, 0.15) is 0 Å². The van der Waals surface area contributed by atoms with E-state index in [-0.39, 0.29) is 0 Å². The summed E-state index contributed by atoms with van der Waals surface area (Å²) in [6.45, 7) is 2.33. The monoisotopic (exact) mass is 256 g/mol. The van der Waals surface area contributed by atoms with Crippen molar-refractivity contribution in [1.82, 2.24) is 4.31 Å². The van der Waals surface area contributed by atoms with Crippen molar-refractivity contribution < 1.29 is 8.42 Å². The number of nitriles is 1. The lowest BCUT2D eigenvalue weighted by atomic mass is 10.1. The highest BCUT2D eigenvalue weighted by atomic mass is 32.2. The topological polar surface area (TPSA) is 61.2 Å². The molecule has 0 aromatic carbocycles. The average molecular weight is 256 g/mol. The highest BCUT2D eigenvalue weighted by Crippen LogP contribution is 2.26. The summed E-state index contributed by atoms with van der Waals surface area (Å²) in [6.07, 6.45) is 0.754. The van der Waals surface area contributed by atoms with Crippen LogP contribution in [-0.2, 0) is 23.0 Å². The molecule has 0 N–H and O–H groups in total. The maximum atomic E-state index is 12.0. The molecular formula is C10H12N2O2S2. The van der Waals surface area contributed by atoms with Gasteiger partial charge in [0.25, 0.3) is 0 Å². The predicted molar refractivity (Wildman–Crippen MR) is 62.4 cm³/mol. The van der Waals surface area contributed by atoms with Crippen molar-refractivity contribution in [3.8, 4) is 6.07 Å². The van der Waals surface area contributed by atoms with Gasteiger partial charge < -0.3 is 0 Å². The molecule has 16 heavy (non-hydrogen) atoms. The molecule has 4 nitrogen and oxygen atoms in total. The fraction of sp³-hybridized carbons (Fsp3) is 0.500. The second kappa shape index (κ2) is 4.17. The highest BCUT2D eigenvalue weighted by Gasteiger charge is 2.31. The van der Waals surface area contributed by atoms with Crippen LogP contribution in [0.1, 0.15) is 17.4 Å². The molecule has 0 bridgehead atoms. The summed E-state index contributed by atoms with van der Waals surface area (Å²) in [4.78, 5) is 1.26. The number of hydrogen-bond donors (Lipinski definition) is 0. The second-order valence-electron chi connectivity index (χ2n) is 3.77. The lowest BCUT2D eigenvalue weighted by Gasteiger charge is -2.27. The van der Waals surface area contributed by atoms with E-state index in [4.69, 9.17) is 5.26 Å². The Bertz CT molecular complexity index is 527. The smallest absolute Gasteiger partial charge is 0.211 e. The Kier molecular flexibility index (Phi) is 3.02. The van der Waals surface area contributed by atoms with Crippen molar-refractivity contribution in [3.05, 3.63) is 21.9 Å². The first-order chi connectivity index (χ1) is 7.55. The van der Waals surface area contributed by atoms with Gasteiger partial charge >= 0.3 is 0 Å². The van der Waals surface area contributed by atoms with E-state index in [2.05, 4.69) is 0 Å². The first kappa shape index (κ1) is 11.6. The van der Waals surface area contributed by atoms with Crippen LogP contribution in [0.15, 0.2) is 11.4 Å². The molecule has 1 aromatic heterocycles. The van der Waals surface area contributed by atoms with Crippen LogP contribution in [0.2, 0.25) is 0 Å². The molecule has 1 aliphatic rings. The van der Waals surface area contributed by atoms with Gasteiger partial charge in [-0.2, -0.15) is 9.57 Å². The molecule has 0 fully saturated rings. The zero-order valence-corrected chi connectivity index (χ0v) is 10.5. The predicted octanol–water partition coefficient (Wildman–Crippen LogP) is 1.35. The number of rotatable bonds is 2. The summed E-state index contributed by atoms with van der Waals surface area (Å²) in [5, 5.41) is 9.72. The fourth-order valence-corrected chi connectivity index (χ4v) is 3.86. The van der Waals surface area contributed by atoms with Crippen LogP contribution in [0.4, 0.5) is 0 Å². The maximum Gasteiger partial charge on any atom is 0.230 e. The van der Waals surface area contributed by atoms with Crippen LogP contribution >= 0.6 is 11.3 Å². The van der Waals surface area contributed by atoms with Gasteiger partial charge in [0.15, 0.2) is 5.25 Å². The fourth-order valence-electron chi connectivity index (χ4n) is 1.73. The van der Waals surface area contributed by atoms with Crippen molar-refractivity contribution in [2.45, 2.75) is 25.1 Å². The molecule has 2 rings (SSSR count). The Morgan fingerprint density at radius 3 is 3.06 bits per heavy atom. The molecule has 0 aliphatic carbocycles. The molecule has 0 radical (unpaired) electrons. The molecular weight excluding hydrogens is 244 g/mol. The lowest BCUT2D eigenvalue weighted by molar-refractivity contribution is 0.392. The Labute approximate surface area is 99.2 Å². The Hall–Kier alpha value is -0.900. The quantitative estimate of drug-likeness (QED) is 0.802. The molecule has 6 heteroatoms. The van der Waals surface area contributed by atoms with Crippen LogP contribution in [0.3, 0.4) is 0 Å². The summed E-state index contributed by atoms with van der Waals surface area (Å²) in [5.41, 5.74) is 1.07. The third-order valence-electron chi connectivity index (χ3n) is 2.76. The van der Waals surface area contributed by atoms with Gasteiger partial charge in [-0.3, -0.25) is 0 Å².